The van der Waals surface area contributed by atoms with Crippen molar-refractivity contribution < 1.29 is 0 Å². The molecule has 17 heavy (non-hydrogen) atoms. The first-order valence-electron chi connectivity index (χ1n) is 7.65. The van der Waals surface area contributed by atoms with E-state index in [1.54, 1.807) is 0 Å². The van der Waals surface area contributed by atoms with Crippen molar-refractivity contribution in [3.05, 3.63) is 0 Å². The molecule has 0 aromatic carbocycles. The minimum atomic E-state index is 0.728. The second kappa shape index (κ2) is 6.19. The zero-order chi connectivity index (χ0) is 12.3. The van der Waals surface area contributed by atoms with E-state index in [2.05, 4.69) is 31.0 Å². The molecule has 0 aromatic rings. The Labute approximate surface area is 107 Å². The predicted molar refractivity (Wildman–Crippen MR) is 74.3 cm³/mol. The highest BCUT2D eigenvalue weighted by Gasteiger charge is 2.24. The number of hydrogen-bond donors (Lipinski definition) is 1. The van der Waals surface area contributed by atoms with Crippen LogP contribution in [0.15, 0.2) is 0 Å². The molecule has 0 spiro atoms. The topological polar surface area (TPSA) is 15.3 Å². The number of nitrogens with zero attached hydrogens (tertiary/aromatic N) is 1. The van der Waals surface area contributed by atoms with Crippen molar-refractivity contribution in [1.82, 2.24) is 10.2 Å². The summed E-state index contributed by atoms with van der Waals surface area (Å²) in [6.45, 7) is 9.61. The summed E-state index contributed by atoms with van der Waals surface area (Å²) in [5, 5.41) is 3.91. The van der Waals surface area contributed by atoms with E-state index in [-0.39, 0.29) is 0 Å². The van der Waals surface area contributed by atoms with Crippen molar-refractivity contribution in [1.29, 1.82) is 0 Å². The highest BCUT2D eigenvalue weighted by Crippen LogP contribution is 2.24. The fourth-order valence-electron chi connectivity index (χ4n) is 3.34. The molecule has 100 valence electrons. The lowest BCUT2D eigenvalue weighted by atomic mass is 9.86. The van der Waals surface area contributed by atoms with Gasteiger partial charge in [0, 0.05) is 18.1 Å². The Balaban J connectivity index is 1.67. The Morgan fingerprint density at radius 2 is 1.41 bits per heavy atom. The number of nitrogens with one attached hydrogen (secondary N) is 1. The number of hydrogen-bond acceptors (Lipinski definition) is 2. The molecule has 0 aromatic heterocycles. The molecule has 0 radical (unpaired) electrons. The molecule has 2 heteroatoms. The molecular weight excluding hydrogens is 208 g/mol. The zero-order valence-corrected chi connectivity index (χ0v) is 11.9. The van der Waals surface area contributed by atoms with Gasteiger partial charge in [-0.25, -0.2) is 0 Å². The normalized spacial score (nSPS) is 33.2. The molecule has 0 bridgehead atoms. The average molecular weight is 238 g/mol. The van der Waals surface area contributed by atoms with Gasteiger partial charge in [-0.1, -0.05) is 6.92 Å². The Bertz CT molecular complexity index is 211. The van der Waals surface area contributed by atoms with Gasteiger partial charge in [0.1, 0.15) is 0 Å². The number of piperidine rings is 1. The van der Waals surface area contributed by atoms with Gasteiger partial charge in [-0.05, 0) is 71.4 Å². The van der Waals surface area contributed by atoms with Crippen LogP contribution < -0.4 is 5.32 Å². The van der Waals surface area contributed by atoms with Gasteiger partial charge < -0.3 is 10.2 Å². The highest BCUT2D eigenvalue weighted by molar-refractivity contribution is 4.83. The standard InChI is InChI=1S/C15H30N2/c1-12(2)17-10-8-15(9-11-17)16-14-6-4-13(3)5-7-14/h12-16H,4-11H2,1-3H3. The summed E-state index contributed by atoms with van der Waals surface area (Å²) in [4.78, 5) is 2.61. The molecule has 0 atom stereocenters. The van der Waals surface area contributed by atoms with Crippen molar-refractivity contribution in [2.75, 3.05) is 13.1 Å². The first-order chi connectivity index (χ1) is 8.15. The van der Waals surface area contributed by atoms with Gasteiger partial charge in [0.15, 0.2) is 0 Å². The molecule has 2 fully saturated rings. The lowest BCUT2D eigenvalue weighted by molar-refractivity contribution is 0.150. The van der Waals surface area contributed by atoms with Crippen LogP contribution in [0.2, 0.25) is 0 Å². The minimum Gasteiger partial charge on any atom is -0.311 e. The maximum absolute atomic E-state index is 3.91. The Hall–Kier alpha value is -0.0800. The third kappa shape index (κ3) is 3.96. The molecule has 2 aliphatic rings. The van der Waals surface area contributed by atoms with Crippen molar-refractivity contribution in [2.45, 2.75) is 77.4 Å². The van der Waals surface area contributed by atoms with Crippen LogP contribution in [0.3, 0.4) is 0 Å². The van der Waals surface area contributed by atoms with Gasteiger partial charge in [0.25, 0.3) is 0 Å². The first kappa shape index (κ1) is 13.4. The fourth-order valence-corrected chi connectivity index (χ4v) is 3.34. The summed E-state index contributed by atoms with van der Waals surface area (Å²) in [6.07, 6.45) is 8.39. The Morgan fingerprint density at radius 3 is 1.94 bits per heavy atom. The van der Waals surface area contributed by atoms with E-state index in [1.165, 1.54) is 51.6 Å². The van der Waals surface area contributed by atoms with E-state index in [0.717, 1.165) is 24.0 Å². The molecule has 2 nitrogen and oxygen atoms in total. The summed E-state index contributed by atoms with van der Waals surface area (Å²) in [7, 11) is 0. The SMILES string of the molecule is CC1CCC(NC2CCN(C(C)C)CC2)CC1. The molecule has 0 amide bonds. The number of likely N-dealkylation sites (tertiary alicyclic amines) is 1. The predicted octanol–water partition coefficient (Wildman–Crippen LogP) is 3.03. The quantitative estimate of drug-likeness (QED) is 0.813. The van der Waals surface area contributed by atoms with Gasteiger partial charge in [-0.15, -0.1) is 0 Å². The van der Waals surface area contributed by atoms with Crippen LogP contribution in [0, 0.1) is 5.92 Å². The molecule has 1 aliphatic carbocycles. The highest BCUT2D eigenvalue weighted by atomic mass is 15.2. The zero-order valence-electron chi connectivity index (χ0n) is 11.9. The van der Waals surface area contributed by atoms with Crippen molar-refractivity contribution in [3.8, 4) is 0 Å². The van der Waals surface area contributed by atoms with E-state index in [0.29, 0.717) is 0 Å². The lowest BCUT2D eigenvalue weighted by Crippen LogP contribution is -2.48. The maximum atomic E-state index is 3.91. The summed E-state index contributed by atoms with van der Waals surface area (Å²) < 4.78 is 0. The van der Waals surface area contributed by atoms with Crippen LogP contribution >= 0.6 is 0 Å². The molecule has 1 saturated heterocycles. The molecular formula is C15H30N2. The van der Waals surface area contributed by atoms with Gasteiger partial charge in [-0.3, -0.25) is 0 Å². The lowest BCUT2D eigenvalue weighted by Gasteiger charge is -2.38. The molecule has 2 rings (SSSR count). The smallest absolute Gasteiger partial charge is 0.00940 e. The van der Waals surface area contributed by atoms with Crippen LogP contribution in [0.4, 0.5) is 0 Å². The fraction of sp³-hybridized carbons (Fsp3) is 1.00. The summed E-state index contributed by atoms with van der Waals surface area (Å²) in [6, 6.07) is 2.34. The first-order valence-corrected chi connectivity index (χ1v) is 7.65. The monoisotopic (exact) mass is 238 g/mol. The second-order valence-corrected chi connectivity index (χ2v) is 6.53. The third-order valence-electron chi connectivity index (χ3n) is 4.75. The van der Waals surface area contributed by atoms with Crippen molar-refractivity contribution in [2.24, 2.45) is 5.92 Å². The van der Waals surface area contributed by atoms with Crippen molar-refractivity contribution >= 4 is 0 Å². The van der Waals surface area contributed by atoms with Crippen molar-refractivity contribution in [3.63, 3.8) is 0 Å². The van der Waals surface area contributed by atoms with E-state index in [1.807, 2.05) is 0 Å². The Morgan fingerprint density at radius 1 is 0.882 bits per heavy atom. The van der Waals surface area contributed by atoms with Gasteiger partial charge in [-0.2, -0.15) is 0 Å². The molecule has 1 aliphatic heterocycles. The van der Waals surface area contributed by atoms with Crippen LogP contribution in [0.25, 0.3) is 0 Å². The largest absolute Gasteiger partial charge is 0.311 e. The van der Waals surface area contributed by atoms with Gasteiger partial charge in [0.05, 0.1) is 0 Å². The second-order valence-electron chi connectivity index (χ2n) is 6.53. The molecule has 1 heterocycles. The van der Waals surface area contributed by atoms with E-state index < -0.39 is 0 Å². The third-order valence-corrected chi connectivity index (χ3v) is 4.75. The van der Waals surface area contributed by atoms with Crippen LogP contribution in [-0.2, 0) is 0 Å². The van der Waals surface area contributed by atoms with Crippen LogP contribution in [-0.4, -0.2) is 36.1 Å². The number of rotatable bonds is 3. The average Bonchev–Trinajstić information content (AvgIpc) is 2.33. The Kier molecular flexibility index (Phi) is 4.87. The summed E-state index contributed by atoms with van der Waals surface area (Å²) in [5.41, 5.74) is 0. The molecule has 1 saturated carbocycles. The molecule has 1 N–H and O–H groups in total. The summed E-state index contributed by atoms with van der Waals surface area (Å²) >= 11 is 0. The molecule has 0 unspecified atom stereocenters. The maximum Gasteiger partial charge on any atom is 0.00940 e. The minimum absolute atomic E-state index is 0.728. The van der Waals surface area contributed by atoms with Gasteiger partial charge in [0.2, 0.25) is 0 Å². The van der Waals surface area contributed by atoms with Crippen LogP contribution in [0.1, 0.15) is 59.3 Å². The van der Waals surface area contributed by atoms with Gasteiger partial charge >= 0.3 is 0 Å². The van der Waals surface area contributed by atoms with E-state index in [4.69, 9.17) is 0 Å². The van der Waals surface area contributed by atoms with E-state index in [9.17, 15) is 0 Å². The van der Waals surface area contributed by atoms with Crippen LogP contribution in [0.5, 0.6) is 0 Å². The summed E-state index contributed by atoms with van der Waals surface area (Å²) in [5.74, 6) is 0.968. The van der Waals surface area contributed by atoms with E-state index >= 15 is 0 Å².